The lowest BCUT2D eigenvalue weighted by Gasteiger charge is -2.29. The normalized spacial score (nSPS) is 13.2. The van der Waals surface area contributed by atoms with Crippen LogP contribution in [0.3, 0.4) is 0 Å². The number of benzene rings is 2. The van der Waals surface area contributed by atoms with Crippen molar-refractivity contribution in [2.45, 2.75) is 25.5 Å². The molecule has 1 aliphatic heterocycles. The van der Waals surface area contributed by atoms with E-state index >= 15 is 0 Å². The molecule has 0 fully saturated rings. The molecule has 0 radical (unpaired) electrons. The minimum absolute atomic E-state index is 0.158. The van der Waals surface area contributed by atoms with Gasteiger partial charge in [-0.25, -0.2) is 0 Å². The summed E-state index contributed by atoms with van der Waals surface area (Å²) in [5, 5.41) is 0. The standard InChI is InChI=1S/C21H23NO3S/c1-16-8-10-17(11-9-16)14-26-15-21(24)25-13-20(23)22-12-4-6-18-5-2-3-7-19(18)22/h2-3,5,7-11H,4,6,12-15H2,1H3. The molecule has 1 heterocycles. The van der Waals surface area contributed by atoms with Crippen LogP contribution in [-0.4, -0.2) is 30.8 Å². The summed E-state index contributed by atoms with van der Waals surface area (Å²) < 4.78 is 5.18. The number of aryl methyl sites for hydroxylation is 2. The Labute approximate surface area is 158 Å². The number of amides is 1. The number of hydrogen-bond donors (Lipinski definition) is 0. The monoisotopic (exact) mass is 369 g/mol. The van der Waals surface area contributed by atoms with Crippen LogP contribution in [0.25, 0.3) is 0 Å². The smallest absolute Gasteiger partial charge is 0.316 e. The van der Waals surface area contributed by atoms with E-state index < -0.39 is 0 Å². The second-order valence-corrected chi connectivity index (χ2v) is 7.40. The average molecular weight is 369 g/mol. The number of para-hydroxylation sites is 1. The van der Waals surface area contributed by atoms with Crippen molar-refractivity contribution in [3.63, 3.8) is 0 Å². The van der Waals surface area contributed by atoms with Crippen LogP contribution in [0, 0.1) is 6.92 Å². The van der Waals surface area contributed by atoms with Gasteiger partial charge in [0.1, 0.15) is 0 Å². The fourth-order valence-corrected chi connectivity index (χ4v) is 3.77. The first-order valence-electron chi connectivity index (χ1n) is 8.80. The van der Waals surface area contributed by atoms with Crippen LogP contribution in [0.15, 0.2) is 48.5 Å². The predicted octanol–water partition coefficient (Wildman–Crippen LogP) is 3.75. The lowest BCUT2D eigenvalue weighted by molar-refractivity contribution is -0.145. The third kappa shape index (κ3) is 4.88. The van der Waals surface area contributed by atoms with Gasteiger partial charge in [0.15, 0.2) is 6.61 Å². The molecule has 0 atom stereocenters. The minimum Gasteiger partial charge on any atom is -0.455 e. The number of anilines is 1. The van der Waals surface area contributed by atoms with Crippen molar-refractivity contribution in [1.82, 2.24) is 0 Å². The third-order valence-corrected chi connectivity index (χ3v) is 5.35. The van der Waals surface area contributed by atoms with Gasteiger partial charge >= 0.3 is 5.97 Å². The van der Waals surface area contributed by atoms with E-state index in [4.69, 9.17) is 4.74 Å². The van der Waals surface area contributed by atoms with Gasteiger partial charge in [0.2, 0.25) is 0 Å². The van der Waals surface area contributed by atoms with E-state index in [2.05, 4.69) is 24.3 Å². The van der Waals surface area contributed by atoms with Crippen molar-refractivity contribution >= 4 is 29.3 Å². The first kappa shape index (κ1) is 18.5. The molecule has 0 saturated carbocycles. The molecule has 2 aromatic carbocycles. The van der Waals surface area contributed by atoms with Gasteiger partial charge < -0.3 is 9.64 Å². The summed E-state index contributed by atoms with van der Waals surface area (Å²) in [6.45, 7) is 2.53. The largest absolute Gasteiger partial charge is 0.455 e. The molecule has 3 rings (SSSR count). The second-order valence-electron chi connectivity index (χ2n) is 6.42. The zero-order chi connectivity index (χ0) is 18.4. The van der Waals surface area contributed by atoms with Gasteiger partial charge in [-0.3, -0.25) is 9.59 Å². The molecule has 136 valence electrons. The quantitative estimate of drug-likeness (QED) is 0.728. The third-order valence-electron chi connectivity index (χ3n) is 4.38. The number of rotatable bonds is 6. The highest BCUT2D eigenvalue weighted by atomic mass is 32.2. The minimum atomic E-state index is -0.347. The van der Waals surface area contributed by atoms with E-state index in [-0.39, 0.29) is 24.2 Å². The Bertz CT molecular complexity index is 773. The van der Waals surface area contributed by atoms with Crippen LogP contribution >= 0.6 is 11.8 Å². The highest BCUT2D eigenvalue weighted by Crippen LogP contribution is 2.26. The zero-order valence-corrected chi connectivity index (χ0v) is 15.8. The van der Waals surface area contributed by atoms with Gasteiger partial charge in [0.05, 0.1) is 5.75 Å². The molecule has 2 aromatic rings. The maximum Gasteiger partial charge on any atom is 0.316 e. The van der Waals surface area contributed by atoms with Gasteiger partial charge in [0.25, 0.3) is 5.91 Å². The van der Waals surface area contributed by atoms with Gasteiger partial charge in [-0.15, -0.1) is 11.8 Å². The lowest BCUT2D eigenvalue weighted by atomic mass is 10.0. The van der Waals surface area contributed by atoms with Crippen molar-refractivity contribution in [1.29, 1.82) is 0 Å². The lowest BCUT2D eigenvalue weighted by Crippen LogP contribution is -2.38. The number of fused-ring (bicyclic) bond motifs is 1. The maximum absolute atomic E-state index is 12.4. The number of ether oxygens (including phenoxy) is 1. The predicted molar refractivity (Wildman–Crippen MR) is 105 cm³/mol. The zero-order valence-electron chi connectivity index (χ0n) is 14.9. The van der Waals surface area contributed by atoms with Gasteiger partial charge in [-0.05, 0) is 37.0 Å². The van der Waals surface area contributed by atoms with E-state index in [0.29, 0.717) is 6.54 Å². The van der Waals surface area contributed by atoms with Gasteiger partial charge in [-0.1, -0.05) is 48.0 Å². The molecule has 0 spiro atoms. The average Bonchev–Trinajstić information content (AvgIpc) is 2.67. The number of carbonyl (C=O) groups excluding carboxylic acids is 2. The van der Waals surface area contributed by atoms with Crippen molar-refractivity contribution in [3.05, 3.63) is 65.2 Å². The summed E-state index contributed by atoms with van der Waals surface area (Å²) in [7, 11) is 0. The number of esters is 1. The first-order chi connectivity index (χ1) is 12.6. The van der Waals surface area contributed by atoms with Gasteiger partial charge in [0, 0.05) is 18.0 Å². The molecule has 5 heteroatoms. The molecule has 0 aromatic heterocycles. The molecular weight excluding hydrogens is 346 g/mol. The molecule has 0 N–H and O–H groups in total. The second kappa shape index (κ2) is 8.90. The van der Waals surface area contributed by atoms with Crippen LogP contribution < -0.4 is 4.90 Å². The van der Waals surface area contributed by atoms with Crippen LogP contribution in [0.5, 0.6) is 0 Å². The van der Waals surface area contributed by atoms with E-state index in [0.717, 1.165) is 24.3 Å². The Morgan fingerprint density at radius 3 is 2.69 bits per heavy atom. The fourth-order valence-electron chi connectivity index (χ4n) is 2.99. The summed E-state index contributed by atoms with van der Waals surface area (Å²) in [5.74, 6) is 0.496. The van der Waals surface area contributed by atoms with E-state index in [1.807, 2.05) is 31.2 Å². The van der Waals surface area contributed by atoms with Crippen LogP contribution in [0.4, 0.5) is 5.69 Å². The summed E-state index contributed by atoms with van der Waals surface area (Å²) in [6.07, 6.45) is 1.92. The van der Waals surface area contributed by atoms with E-state index in [9.17, 15) is 9.59 Å². The Kier molecular flexibility index (Phi) is 6.34. The summed E-state index contributed by atoms with van der Waals surface area (Å²) in [6, 6.07) is 16.1. The fraction of sp³-hybridized carbons (Fsp3) is 0.333. The number of thioether (sulfide) groups is 1. The highest BCUT2D eigenvalue weighted by molar-refractivity contribution is 7.99. The van der Waals surface area contributed by atoms with Gasteiger partial charge in [-0.2, -0.15) is 0 Å². The highest BCUT2D eigenvalue weighted by Gasteiger charge is 2.22. The summed E-state index contributed by atoms with van der Waals surface area (Å²) in [4.78, 5) is 26.1. The van der Waals surface area contributed by atoms with Crippen LogP contribution in [0.2, 0.25) is 0 Å². The topological polar surface area (TPSA) is 46.6 Å². The molecule has 0 saturated heterocycles. The Balaban J connectivity index is 1.43. The number of carbonyl (C=O) groups is 2. The SMILES string of the molecule is Cc1ccc(CSCC(=O)OCC(=O)N2CCCc3ccccc32)cc1. The van der Waals surface area contributed by atoms with Crippen molar-refractivity contribution < 1.29 is 14.3 Å². The molecule has 1 aliphatic rings. The first-order valence-corrected chi connectivity index (χ1v) is 9.96. The maximum atomic E-state index is 12.4. The Morgan fingerprint density at radius 2 is 1.88 bits per heavy atom. The van der Waals surface area contributed by atoms with Crippen LogP contribution in [-0.2, 0) is 26.5 Å². The molecule has 4 nitrogen and oxygen atoms in total. The van der Waals surface area contributed by atoms with Crippen molar-refractivity contribution in [2.75, 3.05) is 23.8 Å². The van der Waals surface area contributed by atoms with Crippen molar-refractivity contribution in [2.24, 2.45) is 0 Å². The van der Waals surface area contributed by atoms with Crippen LogP contribution in [0.1, 0.15) is 23.1 Å². The number of hydrogen-bond acceptors (Lipinski definition) is 4. The van der Waals surface area contributed by atoms with E-state index in [1.54, 1.807) is 4.90 Å². The van der Waals surface area contributed by atoms with E-state index in [1.165, 1.54) is 28.5 Å². The molecule has 1 amide bonds. The molecule has 0 aliphatic carbocycles. The van der Waals surface area contributed by atoms with Crippen molar-refractivity contribution in [3.8, 4) is 0 Å². The Morgan fingerprint density at radius 1 is 1.12 bits per heavy atom. The number of nitrogens with zero attached hydrogens (tertiary/aromatic N) is 1. The molecule has 0 unspecified atom stereocenters. The molecular formula is C21H23NO3S. The Hall–Kier alpha value is -2.27. The molecule has 0 bridgehead atoms. The summed E-state index contributed by atoms with van der Waals surface area (Å²) in [5.41, 5.74) is 4.51. The molecule has 26 heavy (non-hydrogen) atoms. The summed E-state index contributed by atoms with van der Waals surface area (Å²) >= 11 is 1.50.